The average molecular weight is 289 g/mol. The van der Waals surface area contributed by atoms with E-state index in [1.54, 1.807) is 18.4 Å². The lowest BCUT2D eigenvalue weighted by atomic mass is 9.82. The first-order valence-corrected chi connectivity index (χ1v) is 7.75. The number of rotatable bonds is 5. The molecule has 18 heavy (non-hydrogen) atoms. The Balaban J connectivity index is 2.15. The Bertz CT molecular complexity index is 366. The first kappa shape index (κ1) is 14.3. The van der Waals surface area contributed by atoms with Crippen LogP contribution in [0.25, 0.3) is 0 Å². The number of hydrogen-bond donors (Lipinski definition) is 2. The maximum atomic E-state index is 6.21. The minimum Gasteiger partial charge on any atom is -0.379 e. The third kappa shape index (κ3) is 3.06. The standard InChI is InChI=1S/C13H21ClN2OS/c1-17-12(9-5-3-2-4-6-9)11(16-15)13-10(14)7-8-18-13/h7-9,11-12,16H,2-6,15H2,1H3. The molecule has 1 saturated carbocycles. The maximum Gasteiger partial charge on any atom is 0.0832 e. The van der Waals surface area contributed by atoms with Crippen LogP contribution in [0.2, 0.25) is 5.02 Å². The van der Waals surface area contributed by atoms with Gasteiger partial charge in [-0.25, -0.2) is 5.43 Å². The van der Waals surface area contributed by atoms with Crippen molar-refractivity contribution in [1.29, 1.82) is 0 Å². The summed E-state index contributed by atoms with van der Waals surface area (Å²) in [5.41, 5.74) is 2.89. The molecule has 5 heteroatoms. The first-order chi connectivity index (χ1) is 8.77. The van der Waals surface area contributed by atoms with Crippen molar-refractivity contribution in [2.75, 3.05) is 7.11 Å². The molecular formula is C13H21ClN2OS. The Kier molecular flexibility index (Phi) is 5.45. The van der Waals surface area contributed by atoms with E-state index in [0.29, 0.717) is 5.92 Å². The van der Waals surface area contributed by atoms with Gasteiger partial charge in [-0.2, -0.15) is 0 Å². The summed E-state index contributed by atoms with van der Waals surface area (Å²) in [5.74, 6) is 6.31. The van der Waals surface area contributed by atoms with Gasteiger partial charge in [0.25, 0.3) is 0 Å². The van der Waals surface area contributed by atoms with Gasteiger partial charge < -0.3 is 4.74 Å². The first-order valence-electron chi connectivity index (χ1n) is 6.49. The molecular weight excluding hydrogens is 268 g/mol. The van der Waals surface area contributed by atoms with E-state index >= 15 is 0 Å². The molecule has 1 aliphatic rings. The largest absolute Gasteiger partial charge is 0.379 e. The van der Waals surface area contributed by atoms with Crippen molar-refractivity contribution in [3.63, 3.8) is 0 Å². The molecule has 2 unspecified atom stereocenters. The van der Waals surface area contributed by atoms with Crippen LogP contribution in [0.15, 0.2) is 11.4 Å². The van der Waals surface area contributed by atoms with Gasteiger partial charge in [-0.1, -0.05) is 30.9 Å². The van der Waals surface area contributed by atoms with Crippen LogP contribution in [-0.4, -0.2) is 13.2 Å². The second-order valence-electron chi connectivity index (χ2n) is 4.88. The molecule has 2 atom stereocenters. The van der Waals surface area contributed by atoms with Crippen LogP contribution < -0.4 is 11.3 Å². The van der Waals surface area contributed by atoms with Crippen LogP contribution in [0.3, 0.4) is 0 Å². The van der Waals surface area contributed by atoms with Crippen molar-refractivity contribution in [3.05, 3.63) is 21.3 Å². The molecule has 2 rings (SSSR count). The molecule has 0 saturated heterocycles. The summed E-state index contributed by atoms with van der Waals surface area (Å²) in [6.07, 6.45) is 6.47. The summed E-state index contributed by atoms with van der Waals surface area (Å²) in [4.78, 5) is 1.08. The molecule has 0 bridgehead atoms. The van der Waals surface area contributed by atoms with Crippen molar-refractivity contribution in [3.8, 4) is 0 Å². The van der Waals surface area contributed by atoms with Crippen LogP contribution >= 0.6 is 22.9 Å². The van der Waals surface area contributed by atoms with E-state index in [0.717, 1.165) is 9.90 Å². The van der Waals surface area contributed by atoms with Gasteiger partial charge >= 0.3 is 0 Å². The average Bonchev–Trinajstić information content (AvgIpc) is 2.83. The molecule has 3 nitrogen and oxygen atoms in total. The molecule has 0 aromatic carbocycles. The summed E-state index contributed by atoms with van der Waals surface area (Å²) >= 11 is 7.85. The van der Waals surface area contributed by atoms with Gasteiger partial charge in [0.05, 0.1) is 17.2 Å². The van der Waals surface area contributed by atoms with Crippen LogP contribution in [0.5, 0.6) is 0 Å². The molecule has 1 aliphatic carbocycles. The van der Waals surface area contributed by atoms with E-state index in [1.165, 1.54) is 32.1 Å². The number of hydrogen-bond acceptors (Lipinski definition) is 4. The number of methoxy groups -OCH3 is 1. The van der Waals surface area contributed by atoms with Crippen LogP contribution in [0, 0.1) is 5.92 Å². The van der Waals surface area contributed by atoms with Gasteiger partial charge in [0.15, 0.2) is 0 Å². The van der Waals surface area contributed by atoms with Crippen molar-refractivity contribution in [1.82, 2.24) is 5.43 Å². The maximum absolute atomic E-state index is 6.21. The summed E-state index contributed by atoms with van der Waals surface area (Å²) in [6.45, 7) is 0. The predicted molar refractivity (Wildman–Crippen MR) is 76.8 cm³/mol. The molecule has 1 aromatic rings. The smallest absolute Gasteiger partial charge is 0.0832 e. The minimum atomic E-state index is -0.00870. The van der Waals surface area contributed by atoms with Crippen molar-refractivity contribution >= 4 is 22.9 Å². The van der Waals surface area contributed by atoms with Gasteiger partial charge in [0.2, 0.25) is 0 Å². The van der Waals surface area contributed by atoms with Gasteiger partial charge in [-0.05, 0) is 30.2 Å². The highest BCUT2D eigenvalue weighted by Crippen LogP contribution is 2.37. The van der Waals surface area contributed by atoms with Crippen molar-refractivity contribution < 1.29 is 4.74 Å². The molecule has 1 fully saturated rings. The van der Waals surface area contributed by atoms with Crippen LogP contribution in [0.1, 0.15) is 43.0 Å². The second kappa shape index (κ2) is 6.87. The Labute approximate surface area is 118 Å². The Hall–Kier alpha value is -0.130. The lowest BCUT2D eigenvalue weighted by molar-refractivity contribution is 0.00840. The lowest BCUT2D eigenvalue weighted by Gasteiger charge is -2.34. The molecule has 0 amide bonds. The Morgan fingerprint density at radius 2 is 2.17 bits per heavy atom. The Morgan fingerprint density at radius 1 is 1.44 bits per heavy atom. The SMILES string of the molecule is COC(C1CCCCC1)C(NN)c1sccc1Cl. The molecule has 3 N–H and O–H groups in total. The summed E-state index contributed by atoms with van der Waals surface area (Å²) in [5, 5.41) is 2.77. The molecule has 1 heterocycles. The van der Waals surface area contributed by atoms with E-state index in [4.69, 9.17) is 22.2 Å². The molecule has 102 valence electrons. The molecule has 0 spiro atoms. The number of nitrogens with one attached hydrogen (secondary N) is 1. The summed E-state index contributed by atoms with van der Waals surface area (Å²) in [6, 6.07) is 1.91. The summed E-state index contributed by atoms with van der Waals surface area (Å²) in [7, 11) is 1.77. The van der Waals surface area contributed by atoms with Gasteiger partial charge in [0.1, 0.15) is 0 Å². The highest BCUT2D eigenvalue weighted by molar-refractivity contribution is 7.10. The number of nitrogens with two attached hydrogens (primary N) is 1. The van der Waals surface area contributed by atoms with E-state index in [9.17, 15) is 0 Å². The van der Waals surface area contributed by atoms with Gasteiger partial charge in [0, 0.05) is 12.0 Å². The van der Waals surface area contributed by atoms with E-state index < -0.39 is 0 Å². The second-order valence-corrected chi connectivity index (χ2v) is 6.23. The number of halogens is 1. The fourth-order valence-electron chi connectivity index (χ4n) is 2.91. The monoisotopic (exact) mass is 288 g/mol. The van der Waals surface area contributed by atoms with Crippen LogP contribution in [-0.2, 0) is 4.74 Å². The zero-order chi connectivity index (χ0) is 13.0. The van der Waals surface area contributed by atoms with Gasteiger partial charge in [-0.3, -0.25) is 5.84 Å². The van der Waals surface area contributed by atoms with Gasteiger partial charge in [-0.15, -0.1) is 11.3 Å². The van der Waals surface area contributed by atoms with Crippen molar-refractivity contribution in [2.45, 2.75) is 44.2 Å². The number of ether oxygens (including phenoxy) is 1. The summed E-state index contributed by atoms with van der Waals surface area (Å²) < 4.78 is 5.73. The lowest BCUT2D eigenvalue weighted by Crippen LogP contribution is -2.41. The van der Waals surface area contributed by atoms with Crippen molar-refractivity contribution in [2.24, 2.45) is 11.8 Å². The minimum absolute atomic E-state index is 0.00870. The quantitative estimate of drug-likeness (QED) is 0.644. The van der Waals surface area contributed by atoms with E-state index in [2.05, 4.69) is 5.43 Å². The normalized spacial score (nSPS) is 20.8. The Morgan fingerprint density at radius 3 is 2.67 bits per heavy atom. The zero-order valence-corrected chi connectivity index (χ0v) is 12.3. The third-order valence-corrected chi connectivity index (χ3v) is 5.26. The van der Waals surface area contributed by atoms with Crippen LogP contribution in [0.4, 0.5) is 0 Å². The topological polar surface area (TPSA) is 47.3 Å². The predicted octanol–water partition coefficient (Wildman–Crippen LogP) is 3.50. The molecule has 0 aliphatic heterocycles. The number of thiophene rings is 1. The highest BCUT2D eigenvalue weighted by atomic mass is 35.5. The third-order valence-electron chi connectivity index (χ3n) is 3.82. The fourth-order valence-corrected chi connectivity index (χ4v) is 4.18. The fraction of sp³-hybridized carbons (Fsp3) is 0.692. The number of hydrazine groups is 1. The molecule has 0 radical (unpaired) electrons. The van der Waals surface area contributed by atoms with E-state index in [1.807, 2.05) is 11.4 Å². The molecule has 1 aromatic heterocycles. The zero-order valence-electron chi connectivity index (χ0n) is 10.7. The highest BCUT2D eigenvalue weighted by Gasteiger charge is 2.32. The van der Waals surface area contributed by atoms with E-state index in [-0.39, 0.29) is 12.1 Å².